The molecule has 52 heavy (non-hydrogen) atoms. The molecule has 0 saturated heterocycles. The molecule has 2 aliphatic rings. The molecule has 0 amide bonds. The van der Waals surface area contributed by atoms with Crippen LogP contribution in [0.2, 0.25) is 0 Å². The predicted octanol–water partition coefficient (Wildman–Crippen LogP) is 11.6. The summed E-state index contributed by atoms with van der Waals surface area (Å²) in [6.45, 7) is 14.4. The van der Waals surface area contributed by atoms with Crippen LogP contribution in [0.15, 0.2) is 56.6 Å². The van der Waals surface area contributed by atoms with Crippen molar-refractivity contribution in [1.29, 1.82) is 10.5 Å². The molecular formula is C30H8F16N4S2. The first-order valence-corrected chi connectivity index (χ1v) is 17.1. The van der Waals surface area contributed by atoms with Gasteiger partial charge >= 0.3 is 26.3 Å². The molecule has 0 aliphatic heterocycles. The van der Waals surface area contributed by atoms with Crippen LogP contribution in [-0.2, 0) is 12.8 Å². The number of nitriles is 2. The quantitative estimate of drug-likeness (QED) is 0.150. The van der Waals surface area contributed by atoms with Crippen molar-refractivity contribution in [3.05, 3.63) is 114 Å². The van der Waals surface area contributed by atoms with Gasteiger partial charge in [0.1, 0.15) is 65.8 Å². The lowest BCUT2D eigenvalue weighted by Crippen LogP contribution is -2.24. The van der Waals surface area contributed by atoms with E-state index in [1.807, 2.05) is 0 Å². The highest BCUT2D eigenvalue weighted by molar-refractivity contribution is 8.46. The molecule has 5 rings (SSSR count). The smallest absolute Gasteiger partial charge is 0.207 e. The number of rotatable bonds is 4. The van der Waals surface area contributed by atoms with E-state index < -0.39 is 169 Å². The first-order valence-electron chi connectivity index (χ1n) is 13.2. The van der Waals surface area contributed by atoms with E-state index in [1.165, 1.54) is 12.1 Å². The highest BCUT2D eigenvalue weighted by atomic mass is 32.5. The second kappa shape index (κ2) is 10.1. The van der Waals surface area contributed by atoms with E-state index in [0.29, 0.717) is 0 Å². The molecule has 0 aromatic heterocycles. The first kappa shape index (κ1) is 37.7. The average Bonchev–Trinajstić information content (AvgIpc) is 3.46. The lowest BCUT2D eigenvalue weighted by molar-refractivity contribution is 0.341. The maximum atomic E-state index is 16.4. The number of hydrogen-bond acceptors (Lipinski definition) is 2. The molecule has 0 N–H and O–H groups in total. The Bertz CT molecular complexity index is 2370. The van der Waals surface area contributed by atoms with Crippen LogP contribution in [0.5, 0.6) is 0 Å². The Kier molecular flexibility index (Phi) is 7.28. The Labute approximate surface area is 279 Å². The summed E-state index contributed by atoms with van der Waals surface area (Å²) >= 11 is 0. The van der Waals surface area contributed by atoms with Gasteiger partial charge in [-0.15, -0.1) is 0 Å². The van der Waals surface area contributed by atoms with Gasteiger partial charge in [0.25, 0.3) is 0 Å². The zero-order valence-corrected chi connectivity index (χ0v) is 26.0. The van der Waals surface area contributed by atoms with E-state index in [9.17, 15) is 66.9 Å². The molecule has 0 radical (unpaired) electrons. The predicted molar refractivity (Wildman–Crippen MR) is 154 cm³/mol. The van der Waals surface area contributed by atoms with Crippen LogP contribution in [0, 0.1) is 59.1 Å². The van der Waals surface area contributed by atoms with E-state index in [2.05, 4.69) is 9.69 Å². The monoisotopic (exact) mass is 792 g/mol. The molecule has 272 valence electrons. The molecule has 0 atom stereocenters. The summed E-state index contributed by atoms with van der Waals surface area (Å²) in [6, 6.07) is 0.877. The molecule has 0 fully saturated rings. The summed E-state index contributed by atoms with van der Waals surface area (Å²) in [5.41, 5.74) is -9.72. The lowest BCUT2D eigenvalue weighted by Gasteiger charge is -2.40. The lowest BCUT2D eigenvalue weighted by atomic mass is 9.87. The van der Waals surface area contributed by atoms with Crippen molar-refractivity contribution in [3.8, 4) is 34.4 Å². The maximum Gasteiger partial charge on any atom is 0.525 e. The van der Waals surface area contributed by atoms with Crippen molar-refractivity contribution in [3.63, 3.8) is 0 Å². The van der Waals surface area contributed by atoms with Crippen molar-refractivity contribution >= 4 is 32.1 Å². The fourth-order valence-corrected chi connectivity index (χ4v) is 7.69. The first-order chi connectivity index (χ1) is 23.4. The van der Waals surface area contributed by atoms with Crippen molar-refractivity contribution in [2.45, 2.75) is 22.6 Å². The van der Waals surface area contributed by atoms with E-state index >= 15 is 8.78 Å². The van der Waals surface area contributed by atoms with E-state index in [-0.39, 0.29) is 0 Å². The van der Waals surface area contributed by atoms with Gasteiger partial charge in [0.2, 0.25) is 0 Å². The van der Waals surface area contributed by atoms with Crippen LogP contribution in [0.4, 0.5) is 65.2 Å². The summed E-state index contributed by atoms with van der Waals surface area (Å²) in [5, 5.41) is 16.4. The Balaban J connectivity index is 2.11. The fourth-order valence-electron chi connectivity index (χ4n) is 5.98. The molecule has 0 bridgehead atoms. The summed E-state index contributed by atoms with van der Waals surface area (Å²) in [7, 11) is -22.3. The second-order valence-electron chi connectivity index (χ2n) is 11.0. The summed E-state index contributed by atoms with van der Waals surface area (Å²) < 4.78 is 228. The minimum absolute atomic E-state index is 0.399. The van der Waals surface area contributed by atoms with Gasteiger partial charge < -0.3 is 0 Å². The van der Waals surface area contributed by atoms with Gasteiger partial charge in [-0.05, 0) is 57.6 Å². The number of hydrogen-bond donors (Lipinski definition) is 0. The Morgan fingerprint density at radius 2 is 0.865 bits per heavy atom. The summed E-state index contributed by atoms with van der Waals surface area (Å²) in [4.78, 5) is -1.82. The van der Waals surface area contributed by atoms with Gasteiger partial charge in [-0.25, -0.2) is 26.3 Å². The molecule has 0 saturated carbocycles. The molecule has 0 spiro atoms. The van der Waals surface area contributed by atoms with Crippen LogP contribution in [0.25, 0.3) is 43.6 Å². The zero-order valence-electron chi connectivity index (χ0n) is 24.4. The number of benzene rings is 3. The Hall–Kier alpha value is -5.58. The maximum absolute atomic E-state index is 16.4. The Morgan fingerprint density at radius 3 is 1.15 bits per heavy atom. The van der Waals surface area contributed by atoms with Gasteiger partial charge in [-0.2, -0.15) is 20.2 Å². The third kappa shape index (κ3) is 5.97. The molecule has 0 unspecified atom stereocenters. The fraction of sp³-hybridized carbons (Fsp3) is 0.0667. The van der Waals surface area contributed by atoms with Crippen molar-refractivity contribution in [1.82, 2.24) is 0 Å². The summed E-state index contributed by atoms with van der Waals surface area (Å²) in [6.07, 6.45) is -2.35. The van der Waals surface area contributed by atoms with Gasteiger partial charge in [0.05, 0.1) is 5.57 Å². The van der Waals surface area contributed by atoms with Gasteiger partial charge in [0.15, 0.2) is 9.79 Å². The SMILES string of the molecule is [C-]#[N+]C([N+]#[C-])=C1Cc2c(-c3cc(F)c(S(F)(F)(F)(F)F)c(F)c3)c3c(c(-c4cc(F)c(S(F)(F)(F)(F)F)c(F)c4)c2=C1F)CC(=C(C#N)C#N)C=3F. The van der Waals surface area contributed by atoms with Crippen molar-refractivity contribution < 1.29 is 65.2 Å². The van der Waals surface area contributed by atoms with Gasteiger partial charge in [0, 0.05) is 28.9 Å². The number of nitrogens with zero attached hydrogens (tertiary/aromatic N) is 4. The number of halogens is 16. The van der Waals surface area contributed by atoms with Crippen LogP contribution in [0.3, 0.4) is 0 Å². The Morgan fingerprint density at radius 1 is 0.558 bits per heavy atom. The largest absolute Gasteiger partial charge is 0.525 e. The second-order valence-corrected chi connectivity index (χ2v) is 15.7. The van der Waals surface area contributed by atoms with Crippen LogP contribution in [0.1, 0.15) is 11.1 Å². The minimum atomic E-state index is -11.2. The molecule has 22 heteroatoms. The molecule has 2 aliphatic carbocycles. The summed E-state index contributed by atoms with van der Waals surface area (Å²) in [5.74, 6) is -16.7. The van der Waals surface area contributed by atoms with Crippen molar-refractivity contribution in [2.24, 2.45) is 0 Å². The molecule has 3 aromatic rings. The van der Waals surface area contributed by atoms with E-state index in [1.54, 1.807) is 0 Å². The number of fused-ring (bicyclic) bond motifs is 2. The van der Waals surface area contributed by atoms with E-state index in [4.69, 9.17) is 13.1 Å². The number of allylic oxidation sites excluding steroid dienone is 3. The van der Waals surface area contributed by atoms with Crippen LogP contribution < -0.4 is 10.4 Å². The van der Waals surface area contributed by atoms with Gasteiger partial charge in [-0.3, -0.25) is 0 Å². The third-order valence-electron chi connectivity index (χ3n) is 7.74. The topological polar surface area (TPSA) is 56.3 Å². The van der Waals surface area contributed by atoms with Crippen LogP contribution >= 0.6 is 20.4 Å². The standard InChI is InChI=1S/C30H8F16N4S2/c1-49-30(50-2)17-8-16-23(12-5-20(33)29(21(34)6-12)52(42,43,44,45)46)24-15(7-14(26(24)35)13(9-47)10-48)22(25(16)27(17)36)11-3-18(31)28(19(32)4-11)51(37,38,39,40)41/h3-6H,7-8H2. The normalized spacial score (nSPS) is 16.7. The molecular weight excluding hydrogens is 784 g/mol. The third-order valence-corrected chi connectivity index (χ3v) is 10.1. The van der Waals surface area contributed by atoms with E-state index in [0.717, 1.165) is 0 Å². The molecule has 0 heterocycles. The van der Waals surface area contributed by atoms with Crippen LogP contribution in [-0.4, -0.2) is 0 Å². The average molecular weight is 793 g/mol. The van der Waals surface area contributed by atoms with Gasteiger partial charge in [-0.1, -0.05) is 38.9 Å². The highest BCUT2D eigenvalue weighted by Crippen LogP contribution is 3.03. The molecule has 3 aromatic carbocycles. The zero-order chi connectivity index (χ0) is 39.4. The molecule has 4 nitrogen and oxygen atoms in total. The minimum Gasteiger partial charge on any atom is -0.207 e. The van der Waals surface area contributed by atoms with Crippen molar-refractivity contribution in [2.75, 3.05) is 0 Å². The highest BCUT2D eigenvalue weighted by Gasteiger charge is 2.70.